The summed E-state index contributed by atoms with van der Waals surface area (Å²) in [5.74, 6) is -0.870. The Kier molecular flexibility index (Phi) is 4.22. The highest BCUT2D eigenvalue weighted by atomic mass is 19.1. The Morgan fingerprint density at radius 1 is 1.12 bits per heavy atom. The Bertz CT molecular complexity index is 773. The van der Waals surface area contributed by atoms with E-state index >= 15 is 0 Å². The third-order valence-corrected chi connectivity index (χ3v) is 3.57. The molecule has 2 heterocycles. The number of amides is 2. The molecular weight excluding hydrogens is 313 g/mol. The number of aromatic nitrogens is 2. The molecule has 1 fully saturated rings. The first-order valence-electron chi connectivity index (χ1n) is 7.40. The molecule has 2 amide bonds. The molecule has 24 heavy (non-hydrogen) atoms. The van der Waals surface area contributed by atoms with Gasteiger partial charge in [0, 0.05) is 11.4 Å². The zero-order valence-corrected chi connectivity index (χ0v) is 13.2. The van der Waals surface area contributed by atoms with Crippen LogP contribution < -0.4 is 15.8 Å². The van der Waals surface area contributed by atoms with E-state index in [2.05, 4.69) is 20.8 Å². The number of rotatable bonds is 4. The average molecular weight is 329 g/mol. The van der Waals surface area contributed by atoms with Crippen molar-refractivity contribution < 1.29 is 14.0 Å². The molecule has 0 bridgehead atoms. The first-order chi connectivity index (χ1) is 11.4. The standard InChI is InChI=1S/C16H16FN5O2/c1-9-7-10(2)19-16(18-9)21-20-13-8-14(23)22(15(13)24)12-5-3-11(17)4-6-12/h3-7,13,20H,8H2,1-2H3,(H,18,19,21)/t13-/m0/s1. The molecule has 0 saturated carbocycles. The number of aryl methyl sites for hydroxylation is 2. The third-order valence-electron chi connectivity index (χ3n) is 3.57. The zero-order chi connectivity index (χ0) is 17.3. The molecule has 1 aromatic carbocycles. The topological polar surface area (TPSA) is 87.2 Å². The van der Waals surface area contributed by atoms with E-state index in [1.54, 1.807) is 0 Å². The number of hydrazine groups is 1. The maximum atomic E-state index is 13.0. The molecule has 8 heteroatoms. The number of anilines is 2. The highest BCUT2D eigenvalue weighted by molar-refractivity contribution is 6.22. The van der Waals surface area contributed by atoms with Crippen LogP contribution in [0.2, 0.25) is 0 Å². The monoisotopic (exact) mass is 329 g/mol. The van der Waals surface area contributed by atoms with Crippen molar-refractivity contribution in [2.45, 2.75) is 26.3 Å². The van der Waals surface area contributed by atoms with Crippen molar-refractivity contribution >= 4 is 23.5 Å². The van der Waals surface area contributed by atoms with E-state index in [1.165, 1.54) is 24.3 Å². The summed E-state index contributed by atoms with van der Waals surface area (Å²) in [7, 11) is 0. The van der Waals surface area contributed by atoms with Gasteiger partial charge in [0.1, 0.15) is 11.9 Å². The third kappa shape index (κ3) is 3.23. The van der Waals surface area contributed by atoms with Gasteiger partial charge in [-0.25, -0.2) is 24.7 Å². The molecule has 1 saturated heterocycles. The van der Waals surface area contributed by atoms with Gasteiger partial charge in [-0.05, 0) is 44.2 Å². The van der Waals surface area contributed by atoms with Gasteiger partial charge in [0.2, 0.25) is 11.9 Å². The Balaban J connectivity index is 1.71. The Morgan fingerprint density at radius 2 is 1.75 bits per heavy atom. The molecule has 0 aliphatic carbocycles. The van der Waals surface area contributed by atoms with Crippen molar-refractivity contribution in [1.82, 2.24) is 15.4 Å². The van der Waals surface area contributed by atoms with Crippen LogP contribution in [0.25, 0.3) is 0 Å². The molecule has 2 N–H and O–H groups in total. The van der Waals surface area contributed by atoms with Crippen LogP contribution in [0.4, 0.5) is 16.0 Å². The van der Waals surface area contributed by atoms with Gasteiger partial charge < -0.3 is 0 Å². The largest absolute Gasteiger partial charge is 0.289 e. The van der Waals surface area contributed by atoms with E-state index in [9.17, 15) is 14.0 Å². The van der Waals surface area contributed by atoms with Crippen molar-refractivity contribution in [1.29, 1.82) is 0 Å². The summed E-state index contributed by atoms with van der Waals surface area (Å²) in [4.78, 5) is 34.0. The zero-order valence-electron chi connectivity index (χ0n) is 13.2. The molecule has 0 unspecified atom stereocenters. The van der Waals surface area contributed by atoms with E-state index < -0.39 is 17.8 Å². The summed E-state index contributed by atoms with van der Waals surface area (Å²) >= 11 is 0. The van der Waals surface area contributed by atoms with Gasteiger partial charge in [0.05, 0.1) is 12.1 Å². The second-order valence-corrected chi connectivity index (χ2v) is 5.54. The minimum atomic E-state index is -0.744. The van der Waals surface area contributed by atoms with Gasteiger partial charge in [0.25, 0.3) is 5.91 Å². The van der Waals surface area contributed by atoms with E-state index in [1.807, 2.05) is 19.9 Å². The van der Waals surface area contributed by atoms with Crippen molar-refractivity contribution in [3.63, 3.8) is 0 Å². The van der Waals surface area contributed by atoms with Crippen molar-refractivity contribution in [3.05, 3.63) is 47.5 Å². The maximum absolute atomic E-state index is 13.0. The minimum absolute atomic E-state index is 0.00594. The second kappa shape index (κ2) is 6.32. The Morgan fingerprint density at radius 3 is 2.38 bits per heavy atom. The van der Waals surface area contributed by atoms with Gasteiger partial charge >= 0.3 is 0 Å². The fourth-order valence-corrected chi connectivity index (χ4v) is 2.54. The van der Waals surface area contributed by atoms with Crippen LogP contribution in [-0.4, -0.2) is 27.8 Å². The van der Waals surface area contributed by atoms with Crippen LogP contribution in [0.15, 0.2) is 30.3 Å². The number of hydrogen-bond acceptors (Lipinski definition) is 6. The van der Waals surface area contributed by atoms with E-state index in [-0.39, 0.29) is 12.3 Å². The minimum Gasteiger partial charge on any atom is -0.289 e. The van der Waals surface area contributed by atoms with Crippen LogP contribution in [0, 0.1) is 19.7 Å². The van der Waals surface area contributed by atoms with Gasteiger partial charge in [-0.15, -0.1) is 0 Å². The van der Waals surface area contributed by atoms with Crippen molar-refractivity contribution in [2.75, 3.05) is 10.3 Å². The highest BCUT2D eigenvalue weighted by Gasteiger charge is 2.39. The fraction of sp³-hybridized carbons (Fsp3) is 0.250. The lowest BCUT2D eigenvalue weighted by Gasteiger charge is -2.16. The summed E-state index contributed by atoms with van der Waals surface area (Å²) in [6.07, 6.45) is -0.00594. The van der Waals surface area contributed by atoms with E-state index in [4.69, 9.17) is 0 Å². The number of benzene rings is 1. The van der Waals surface area contributed by atoms with Crippen molar-refractivity contribution in [3.8, 4) is 0 Å². The van der Waals surface area contributed by atoms with Gasteiger partial charge in [-0.2, -0.15) is 0 Å². The number of nitrogens with zero attached hydrogens (tertiary/aromatic N) is 3. The van der Waals surface area contributed by atoms with Gasteiger partial charge in [-0.3, -0.25) is 15.0 Å². The average Bonchev–Trinajstić information content (AvgIpc) is 2.80. The summed E-state index contributed by atoms with van der Waals surface area (Å²) < 4.78 is 13.0. The predicted molar refractivity (Wildman–Crippen MR) is 85.6 cm³/mol. The SMILES string of the molecule is Cc1cc(C)nc(NN[C@H]2CC(=O)N(c3ccc(F)cc3)C2=O)n1. The smallest absolute Gasteiger partial charge is 0.253 e. The summed E-state index contributed by atoms with van der Waals surface area (Å²) in [6, 6.07) is 6.29. The fourth-order valence-electron chi connectivity index (χ4n) is 2.54. The molecule has 1 atom stereocenters. The lowest BCUT2D eigenvalue weighted by molar-refractivity contribution is -0.121. The normalized spacial score (nSPS) is 17.5. The van der Waals surface area contributed by atoms with Crippen LogP contribution in [0.1, 0.15) is 17.8 Å². The first kappa shape index (κ1) is 16.0. The molecule has 1 aliphatic rings. The number of imide groups is 1. The molecule has 0 radical (unpaired) electrons. The number of carbonyl (C=O) groups is 2. The number of hydrogen-bond donors (Lipinski definition) is 2. The summed E-state index contributed by atoms with van der Waals surface area (Å²) in [6.45, 7) is 3.67. The lowest BCUT2D eigenvalue weighted by atomic mass is 10.2. The predicted octanol–water partition coefficient (Wildman–Crippen LogP) is 1.48. The van der Waals surface area contributed by atoms with Crippen LogP contribution in [0.5, 0.6) is 0 Å². The quantitative estimate of drug-likeness (QED) is 0.653. The molecule has 7 nitrogen and oxygen atoms in total. The van der Waals surface area contributed by atoms with Gasteiger partial charge in [0.15, 0.2) is 0 Å². The van der Waals surface area contributed by atoms with Gasteiger partial charge in [-0.1, -0.05) is 0 Å². The molecule has 124 valence electrons. The van der Waals surface area contributed by atoms with E-state index in [0.29, 0.717) is 11.6 Å². The molecule has 1 aliphatic heterocycles. The molecule has 1 aromatic heterocycles. The lowest BCUT2D eigenvalue weighted by Crippen LogP contribution is -2.41. The molecular formula is C16H16FN5O2. The number of halogens is 1. The first-order valence-corrected chi connectivity index (χ1v) is 7.40. The highest BCUT2D eigenvalue weighted by Crippen LogP contribution is 2.23. The van der Waals surface area contributed by atoms with Crippen molar-refractivity contribution in [2.24, 2.45) is 0 Å². The summed E-state index contributed by atoms with van der Waals surface area (Å²) in [5, 5.41) is 0. The molecule has 2 aromatic rings. The Hall–Kier alpha value is -2.87. The van der Waals surface area contributed by atoms with E-state index in [0.717, 1.165) is 16.3 Å². The molecule has 0 spiro atoms. The second-order valence-electron chi connectivity index (χ2n) is 5.54. The number of nitrogens with one attached hydrogen (secondary N) is 2. The van der Waals surface area contributed by atoms with Crippen LogP contribution in [-0.2, 0) is 9.59 Å². The summed E-state index contributed by atoms with van der Waals surface area (Å²) in [5.41, 5.74) is 7.47. The Labute approximate surface area is 137 Å². The number of carbonyl (C=O) groups excluding carboxylic acids is 2. The molecule has 3 rings (SSSR count). The van der Waals surface area contributed by atoms with Crippen LogP contribution >= 0.6 is 0 Å². The van der Waals surface area contributed by atoms with Crippen LogP contribution in [0.3, 0.4) is 0 Å². The maximum Gasteiger partial charge on any atom is 0.253 e.